The lowest BCUT2D eigenvalue weighted by molar-refractivity contribution is 0.0429. The third kappa shape index (κ3) is 6.87. The minimum absolute atomic E-state index is 0.262. The molecule has 9 nitrogen and oxygen atoms in total. The summed E-state index contributed by atoms with van der Waals surface area (Å²) >= 11 is 0. The van der Waals surface area contributed by atoms with Crippen molar-refractivity contribution < 1.29 is 41.7 Å². The van der Waals surface area contributed by atoms with Crippen LogP contribution in [0.5, 0.6) is 0 Å². The highest BCUT2D eigenvalue weighted by Gasteiger charge is 2.53. The highest BCUT2D eigenvalue weighted by Crippen LogP contribution is 2.58. The second-order valence-electron chi connectivity index (χ2n) is 8.61. The zero-order chi connectivity index (χ0) is 29.3. The number of carbonyl (C=O) groups excluding carboxylic acids is 2. The summed E-state index contributed by atoms with van der Waals surface area (Å²) in [5.74, 6) is -1.91. The molecule has 41 heavy (non-hydrogen) atoms. The zero-order valence-electron chi connectivity index (χ0n) is 21.8. The summed E-state index contributed by atoms with van der Waals surface area (Å²) in [6.45, 7) is -1.56. The molecule has 0 heterocycles. The molecule has 0 aliphatic carbocycles. The summed E-state index contributed by atoms with van der Waals surface area (Å²) in [7, 11) is -8.02. The Bertz CT molecular complexity index is 1440. The van der Waals surface area contributed by atoms with Crippen LogP contribution in [-0.2, 0) is 23.6 Å². The predicted molar refractivity (Wildman–Crippen MR) is 155 cm³/mol. The molecule has 0 aliphatic heterocycles. The lowest BCUT2D eigenvalue weighted by Crippen LogP contribution is -2.34. The van der Waals surface area contributed by atoms with E-state index in [0.29, 0.717) is 15.9 Å². The Morgan fingerprint density at radius 1 is 0.610 bits per heavy atom. The third-order valence-corrected chi connectivity index (χ3v) is 11.5. The van der Waals surface area contributed by atoms with Gasteiger partial charge in [-0.25, -0.2) is 9.59 Å². The minimum Gasteiger partial charge on any atom is -0.460 e. The second-order valence-corrected chi connectivity index (χ2v) is 13.4. The van der Waals surface area contributed by atoms with Crippen molar-refractivity contribution in [3.63, 3.8) is 0 Å². The Balaban J connectivity index is 1.92. The van der Waals surface area contributed by atoms with E-state index in [0.717, 1.165) is 18.2 Å². The highest BCUT2D eigenvalue weighted by molar-refractivity contribution is 8.01. The maximum Gasteiger partial charge on any atom is 0.338 e. The number of hydrogen-bond donors (Lipinski definition) is 2. The Hall–Kier alpha value is -3.92. The van der Waals surface area contributed by atoms with Gasteiger partial charge in [0.1, 0.15) is 29.1 Å². The summed E-state index contributed by atoms with van der Waals surface area (Å²) < 4.78 is 44.6. The van der Waals surface area contributed by atoms with E-state index >= 15 is 0 Å². The van der Waals surface area contributed by atoms with Crippen LogP contribution < -0.4 is 15.9 Å². The average molecular weight is 596 g/mol. The van der Waals surface area contributed by atoms with E-state index in [9.17, 15) is 18.0 Å². The highest BCUT2D eigenvalue weighted by atomic mass is 32.2. The number of carbonyl (C=O) groups is 2. The first-order chi connectivity index (χ1) is 19.8. The number of benzene rings is 4. The van der Waals surface area contributed by atoms with Crippen LogP contribution in [0.25, 0.3) is 0 Å². The molecule has 0 aliphatic rings. The maximum absolute atomic E-state index is 14.2. The summed E-state index contributed by atoms with van der Waals surface area (Å²) in [5.41, 5.74) is -0.524. The zero-order valence-corrected chi connectivity index (χ0v) is 23.5. The molecular formula is C30H28O9PS+. The molecule has 0 amide bonds. The average Bonchev–Trinajstić information content (AvgIpc) is 3.02. The molecular weight excluding hydrogens is 567 g/mol. The molecule has 4 aromatic rings. The number of hydrogen-bond acceptors (Lipinski definition) is 9. The summed E-state index contributed by atoms with van der Waals surface area (Å²) in [5, 5.41) is 20.0. The Kier molecular flexibility index (Phi) is 9.99. The summed E-state index contributed by atoms with van der Waals surface area (Å²) in [6, 6.07) is 30.2. The third-order valence-electron chi connectivity index (χ3n) is 5.88. The normalized spacial score (nSPS) is 11.6. The fraction of sp³-hybridized carbons (Fsp3) is 0.133. The first-order valence-corrected chi connectivity index (χ1v) is 15.7. The van der Waals surface area contributed by atoms with Gasteiger partial charge >= 0.3 is 22.1 Å². The fourth-order valence-electron chi connectivity index (χ4n) is 4.10. The smallest absolute Gasteiger partial charge is 0.338 e. The number of rotatable bonds is 12. The van der Waals surface area contributed by atoms with Crippen molar-refractivity contribution in [2.45, 2.75) is 4.90 Å². The first-order valence-electron chi connectivity index (χ1n) is 12.5. The van der Waals surface area contributed by atoms with Crippen LogP contribution in [0, 0.1) is 0 Å². The van der Waals surface area contributed by atoms with E-state index in [1.807, 2.05) is 18.2 Å². The minimum atomic E-state index is -4.68. The Morgan fingerprint density at radius 3 is 1.32 bits per heavy atom. The van der Waals surface area contributed by atoms with Gasteiger partial charge in [-0.2, -0.15) is 8.42 Å². The van der Waals surface area contributed by atoms with E-state index in [1.54, 1.807) is 72.8 Å². The summed E-state index contributed by atoms with van der Waals surface area (Å²) in [4.78, 5) is 24.9. The van der Waals surface area contributed by atoms with E-state index in [4.69, 9.17) is 23.7 Å². The quantitative estimate of drug-likeness (QED) is 0.187. The second kappa shape index (κ2) is 13.6. The van der Waals surface area contributed by atoms with Crippen LogP contribution in [0.3, 0.4) is 0 Å². The maximum atomic E-state index is 14.2. The van der Waals surface area contributed by atoms with E-state index in [1.165, 1.54) is 0 Å². The largest absolute Gasteiger partial charge is 0.460 e. The van der Waals surface area contributed by atoms with Gasteiger partial charge < -0.3 is 19.7 Å². The molecule has 0 saturated carbocycles. The molecule has 2 N–H and O–H groups in total. The van der Waals surface area contributed by atoms with Gasteiger partial charge in [0.25, 0.3) is 7.49 Å². The van der Waals surface area contributed by atoms with Crippen molar-refractivity contribution in [3.05, 3.63) is 120 Å². The lowest BCUT2D eigenvalue weighted by Gasteiger charge is -2.25. The molecule has 0 unspecified atom stereocenters. The molecule has 0 saturated heterocycles. The van der Waals surface area contributed by atoms with Gasteiger partial charge in [-0.1, -0.05) is 58.6 Å². The van der Waals surface area contributed by atoms with Crippen molar-refractivity contribution in [2.75, 3.05) is 26.4 Å². The molecule has 4 rings (SSSR count). The van der Waals surface area contributed by atoms with Gasteiger partial charge in [0.2, 0.25) is 0 Å². The monoisotopic (exact) mass is 595 g/mol. The van der Waals surface area contributed by atoms with E-state index in [2.05, 4.69) is 0 Å². The van der Waals surface area contributed by atoms with Crippen molar-refractivity contribution in [2.24, 2.45) is 0 Å². The molecule has 212 valence electrons. The first kappa shape index (κ1) is 30.0. The topological polar surface area (TPSA) is 136 Å². The molecule has 0 aromatic heterocycles. The van der Waals surface area contributed by atoms with Crippen molar-refractivity contribution >= 4 is 45.5 Å². The molecule has 4 aromatic carbocycles. The van der Waals surface area contributed by atoms with E-state index in [-0.39, 0.29) is 24.3 Å². The lowest BCUT2D eigenvalue weighted by atomic mass is 10.1. The van der Waals surface area contributed by atoms with Crippen molar-refractivity contribution in [1.29, 1.82) is 0 Å². The predicted octanol–water partition coefficient (Wildman–Crippen LogP) is 2.60. The molecule has 0 radical (unpaired) electrons. The molecule has 0 atom stereocenters. The fourth-order valence-corrected chi connectivity index (χ4v) is 9.87. The van der Waals surface area contributed by atoms with Gasteiger partial charge in [-0.15, -0.1) is 0 Å². The van der Waals surface area contributed by atoms with Crippen LogP contribution in [0.1, 0.15) is 20.7 Å². The Morgan fingerprint density at radius 2 is 0.976 bits per heavy atom. The molecule has 0 bridgehead atoms. The standard InChI is InChI=1S/C30H28O9PS/c31-16-18-37-29(33)23-20-24(30(34)38-19-17-32)22-28(21-23)41(35,36)39-40(25-10-4-1-5-11-25,26-12-6-2-7-13-26)27-14-8-3-9-15-27/h1-15,20-22,31-32H,16-19H2/q+1. The van der Waals surface area contributed by atoms with Gasteiger partial charge in [0.05, 0.1) is 29.2 Å². The van der Waals surface area contributed by atoms with Crippen LogP contribution in [-0.4, -0.2) is 57.0 Å². The van der Waals surface area contributed by atoms with Crippen LogP contribution in [0.4, 0.5) is 0 Å². The van der Waals surface area contributed by atoms with Crippen molar-refractivity contribution in [1.82, 2.24) is 0 Å². The van der Waals surface area contributed by atoms with Gasteiger partial charge in [-0.3, -0.25) is 0 Å². The van der Waals surface area contributed by atoms with Crippen LogP contribution in [0.2, 0.25) is 0 Å². The number of aliphatic hydroxyl groups is 2. The van der Waals surface area contributed by atoms with Gasteiger partial charge in [-0.05, 0) is 54.6 Å². The summed E-state index contributed by atoms with van der Waals surface area (Å²) in [6.07, 6.45) is 0. The van der Waals surface area contributed by atoms with E-state index < -0.39 is 47.7 Å². The number of esters is 2. The van der Waals surface area contributed by atoms with Gasteiger partial charge in [0.15, 0.2) is 0 Å². The van der Waals surface area contributed by atoms with Crippen molar-refractivity contribution in [3.8, 4) is 0 Å². The Labute approximate surface area is 238 Å². The molecule has 11 heteroatoms. The number of ether oxygens (including phenoxy) is 2. The SMILES string of the molecule is O=C(OCCO)c1cc(C(=O)OCCO)cc(S(=O)(=O)O[P+](c2ccccc2)(c2ccccc2)c2ccccc2)c1. The molecule has 0 fully saturated rings. The van der Waals surface area contributed by atoms with Crippen LogP contribution in [0.15, 0.2) is 114 Å². The number of aliphatic hydroxyl groups excluding tert-OH is 2. The van der Waals surface area contributed by atoms with Gasteiger partial charge in [0, 0.05) is 0 Å². The molecule has 0 spiro atoms. The van der Waals surface area contributed by atoms with Crippen LogP contribution >= 0.6 is 7.49 Å².